The first-order valence-electron chi connectivity index (χ1n) is 11.4. The summed E-state index contributed by atoms with van der Waals surface area (Å²) in [7, 11) is -7.92. The lowest BCUT2D eigenvalue weighted by Crippen LogP contribution is -2.38. The van der Waals surface area contributed by atoms with Crippen molar-refractivity contribution in [2.45, 2.75) is 16.7 Å². The van der Waals surface area contributed by atoms with Gasteiger partial charge in [0.15, 0.2) is 0 Å². The maximum absolute atomic E-state index is 13.4. The summed E-state index contributed by atoms with van der Waals surface area (Å²) in [6, 6.07) is 26.4. The van der Waals surface area contributed by atoms with Gasteiger partial charge in [-0.3, -0.25) is 13.8 Å². The van der Waals surface area contributed by atoms with Gasteiger partial charge in [-0.2, -0.15) is 0 Å². The second-order valence-electron chi connectivity index (χ2n) is 8.35. The molecule has 0 atom stereocenters. The van der Waals surface area contributed by atoms with Crippen LogP contribution in [0.25, 0.3) is 0 Å². The first-order chi connectivity index (χ1) is 18.0. The quantitative estimate of drug-likeness (QED) is 0.285. The highest BCUT2D eigenvalue weighted by molar-refractivity contribution is 7.93. The Morgan fingerprint density at radius 3 is 2.05 bits per heavy atom. The number of rotatable bonds is 9. The van der Waals surface area contributed by atoms with Crippen LogP contribution >= 0.6 is 11.6 Å². The molecule has 8 nitrogen and oxygen atoms in total. The van der Waals surface area contributed by atoms with Crippen LogP contribution in [0.5, 0.6) is 0 Å². The average molecular weight is 570 g/mol. The zero-order chi connectivity index (χ0) is 27.3. The number of benzene rings is 4. The van der Waals surface area contributed by atoms with E-state index < -0.39 is 32.5 Å². The highest BCUT2D eigenvalue weighted by Crippen LogP contribution is 2.25. The van der Waals surface area contributed by atoms with Crippen LogP contribution in [0.3, 0.4) is 0 Å². The molecule has 0 aliphatic rings. The van der Waals surface area contributed by atoms with Crippen LogP contribution in [-0.4, -0.2) is 29.3 Å². The summed E-state index contributed by atoms with van der Waals surface area (Å²) in [5, 5.41) is 3.05. The van der Waals surface area contributed by atoms with E-state index >= 15 is 0 Å². The summed E-state index contributed by atoms with van der Waals surface area (Å²) in [6.45, 7) is 1.34. The number of nitrogens with zero attached hydrogens (tertiary/aromatic N) is 1. The van der Waals surface area contributed by atoms with Crippen LogP contribution in [-0.2, 0) is 24.8 Å². The van der Waals surface area contributed by atoms with Crippen molar-refractivity contribution < 1.29 is 21.6 Å². The molecule has 1 amide bonds. The Bertz CT molecular complexity index is 1640. The number of amides is 1. The summed E-state index contributed by atoms with van der Waals surface area (Å²) in [5.41, 5.74) is 1.91. The Labute approximate surface area is 227 Å². The number of hydrogen-bond acceptors (Lipinski definition) is 5. The zero-order valence-electron chi connectivity index (χ0n) is 20.2. The third-order valence-corrected chi connectivity index (χ3v) is 8.89. The van der Waals surface area contributed by atoms with E-state index in [-0.39, 0.29) is 15.5 Å². The predicted octanol–water partition coefficient (Wildman–Crippen LogP) is 5.28. The Morgan fingerprint density at radius 1 is 0.763 bits per heavy atom. The molecule has 0 unspecified atom stereocenters. The number of hydrogen-bond donors (Lipinski definition) is 2. The number of carbonyl (C=O) groups excluding carboxylic acids is 1. The second kappa shape index (κ2) is 11.3. The molecule has 0 aromatic heterocycles. The van der Waals surface area contributed by atoms with Gasteiger partial charge in [-0.05, 0) is 85.3 Å². The number of halogens is 1. The van der Waals surface area contributed by atoms with E-state index in [1.807, 2.05) is 13.0 Å². The summed E-state index contributed by atoms with van der Waals surface area (Å²) in [4.78, 5) is 13.0. The van der Waals surface area contributed by atoms with Crippen molar-refractivity contribution in [1.82, 2.24) is 0 Å². The van der Waals surface area contributed by atoms with Gasteiger partial charge in [-0.15, -0.1) is 0 Å². The topological polar surface area (TPSA) is 113 Å². The van der Waals surface area contributed by atoms with Crippen LogP contribution in [0.4, 0.5) is 17.1 Å². The van der Waals surface area contributed by atoms with Crippen LogP contribution in [0.2, 0.25) is 5.02 Å². The van der Waals surface area contributed by atoms with Crippen LogP contribution in [0, 0.1) is 6.92 Å². The van der Waals surface area contributed by atoms with E-state index in [9.17, 15) is 21.6 Å². The second-order valence-corrected chi connectivity index (χ2v) is 12.3. The van der Waals surface area contributed by atoms with Gasteiger partial charge in [-0.25, -0.2) is 16.8 Å². The molecule has 2 N–H and O–H groups in total. The van der Waals surface area contributed by atoms with Gasteiger partial charge in [0.25, 0.3) is 20.0 Å². The fourth-order valence-corrected chi connectivity index (χ4v) is 6.23. The zero-order valence-corrected chi connectivity index (χ0v) is 22.6. The molecular weight excluding hydrogens is 546 g/mol. The Balaban J connectivity index is 1.52. The van der Waals surface area contributed by atoms with Gasteiger partial charge in [0.2, 0.25) is 5.91 Å². The molecule has 4 aromatic carbocycles. The van der Waals surface area contributed by atoms with E-state index in [1.54, 1.807) is 36.4 Å². The molecule has 0 aliphatic carbocycles. The van der Waals surface area contributed by atoms with Crippen LogP contribution in [0.15, 0.2) is 113 Å². The molecule has 0 heterocycles. The van der Waals surface area contributed by atoms with Crippen molar-refractivity contribution in [3.63, 3.8) is 0 Å². The standard InChI is InChI=1S/C27H24ClN3O5S2/c1-20-6-5-7-23(18-20)30-37(33,34)25-16-12-22(13-17-25)29-27(32)19-31(24-14-10-21(28)11-15-24)38(35,36)26-8-3-2-4-9-26/h2-18,30H,19H2,1H3,(H,29,32). The molecule has 0 spiro atoms. The number of carbonyl (C=O) groups is 1. The average Bonchev–Trinajstić information content (AvgIpc) is 2.88. The first kappa shape index (κ1) is 27.2. The minimum Gasteiger partial charge on any atom is -0.325 e. The smallest absolute Gasteiger partial charge is 0.264 e. The predicted molar refractivity (Wildman–Crippen MR) is 149 cm³/mol. The monoisotopic (exact) mass is 569 g/mol. The third kappa shape index (κ3) is 6.52. The number of nitrogens with one attached hydrogen (secondary N) is 2. The number of aryl methyl sites for hydroxylation is 1. The largest absolute Gasteiger partial charge is 0.325 e. The molecule has 196 valence electrons. The van der Waals surface area contributed by atoms with Crippen LogP contribution in [0.1, 0.15) is 5.56 Å². The van der Waals surface area contributed by atoms with E-state index in [1.165, 1.54) is 60.7 Å². The highest BCUT2D eigenvalue weighted by atomic mass is 35.5. The molecule has 0 fully saturated rings. The number of sulfonamides is 2. The summed E-state index contributed by atoms with van der Waals surface area (Å²) < 4.78 is 55.7. The SMILES string of the molecule is Cc1cccc(NS(=O)(=O)c2ccc(NC(=O)CN(c3ccc(Cl)cc3)S(=O)(=O)c3ccccc3)cc2)c1. The number of anilines is 3. The van der Waals surface area contributed by atoms with E-state index in [2.05, 4.69) is 10.0 Å². The molecule has 0 aliphatic heterocycles. The lowest BCUT2D eigenvalue weighted by molar-refractivity contribution is -0.114. The van der Waals surface area contributed by atoms with Gasteiger partial charge >= 0.3 is 0 Å². The van der Waals surface area contributed by atoms with Gasteiger partial charge in [0.1, 0.15) is 6.54 Å². The van der Waals surface area contributed by atoms with Gasteiger partial charge in [0.05, 0.1) is 15.5 Å². The van der Waals surface area contributed by atoms with Crippen molar-refractivity contribution in [1.29, 1.82) is 0 Å². The van der Waals surface area contributed by atoms with Gasteiger partial charge < -0.3 is 5.32 Å². The molecule has 0 radical (unpaired) electrons. The molecular formula is C27H24ClN3O5S2. The maximum Gasteiger partial charge on any atom is 0.264 e. The van der Waals surface area contributed by atoms with E-state index in [0.717, 1.165) is 9.87 Å². The normalized spacial score (nSPS) is 11.5. The summed E-state index contributed by atoms with van der Waals surface area (Å²) in [5.74, 6) is -0.618. The van der Waals surface area contributed by atoms with Gasteiger partial charge in [-0.1, -0.05) is 41.9 Å². The molecule has 4 rings (SSSR count). The van der Waals surface area contributed by atoms with E-state index in [0.29, 0.717) is 16.4 Å². The van der Waals surface area contributed by atoms with Crippen LogP contribution < -0.4 is 14.3 Å². The van der Waals surface area contributed by atoms with Crippen molar-refractivity contribution in [3.05, 3.63) is 114 Å². The molecule has 0 saturated heterocycles. The highest BCUT2D eigenvalue weighted by Gasteiger charge is 2.27. The molecule has 4 aromatic rings. The summed E-state index contributed by atoms with van der Waals surface area (Å²) in [6.07, 6.45) is 0. The van der Waals surface area contributed by atoms with E-state index in [4.69, 9.17) is 11.6 Å². The maximum atomic E-state index is 13.4. The minimum absolute atomic E-state index is 0.00597. The Kier molecular flexibility index (Phi) is 8.05. The van der Waals surface area contributed by atoms with Crippen molar-refractivity contribution in [2.24, 2.45) is 0 Å². The minimum atomic E-state index is -4.07. The Hall–Kier alpha value is -3.86. The lowest BCUT2D eigenvalue weighted by atomic mass is 10.2. The molecule has 0 bridgehead atoms. The van der Waals surface area contributed by atoms with Crippen molar-refractivity contribution in [2.75, 3.05) is 20.9 Å². The fourth-order valence-electron chi connectivity index (χ4n) is 3.61. The Morgan fingerprint density at radius 2 is 1.42 bits per heavy atom. The van der Waals surface area contributed by atoms with Crippen molar-refractivity contribution in [3.8, 4) is 0 Å². The summed E-state index contributed by atoms with van der Waals surface area (Å²) >= 11 is 5.96. The fraction of sp³-hybridized carbons (Fsp3) is 0.0741. The molecule has 11 heteroatoms. The molecule has 0 saturated carbocycles. The van der Waals surface area contributed by atoms with Crippen molar-refractivity contribution >= 4 is 54.6 Å². The molecule has 38 heavy (non-hydrogen) atoms. The first-order valence-corrected chi connectivity index (χ1v) is 14.7. The third-order valence-electron chi connectivity index (χ3n) is 5.45. The van der Waals surface area contributed by atoms with Gasteiger partial charge in [0, 0.05) is 16.4 Å². The lowest BCUT2D eigenvalue weighted by Gasteiger charge is -2.24.